The van der Waals surface area contributed by atoms with Gasteiger partial charge in [-0.05, 0) is 73.0 Å². The highest BCUT2D eigenvalue weighted by molar-refractivity contribution is 5.97. The van der Waals surface area contributed by atoms with Crippen molar-refractivity contribution in [2.75, 3.05) is 6.61 Å². The minimum atomic E-state index is -2.27. The zero-order chi connectivity index (χ0) is 48.2. The molecule has 2 saturated heterocycles. The molecule has 3 aromatic rings. The van der Waals surface area contributed by atoms with Crippen LogP contribution < -0.4 is 4.74 Å². The van der Waals surface area contributed by atoms with Gasteiger partial charge in [0.25, 0.3) is 0 Å². The summed E-state index contributed by atoms with van der Waals surface area (Å²) in [5.41, 5.74) is -7.03. The number of hydrogen-bond acceptors (Lipinski definition) is 17. The summed E-state index contributed by atoms with van der Waals surface area (Å²) >= 11 is 0. The first-order valence-electron chi connectivity index (χ1n) is 21.6. The molecule has 67 heavy (non-hydrogen) atoms. The highest BCUT2D eigenvalue weighted by Gasteiger charge is 2.83. The van der Waals surface area contributed by atoms with Gasteiger partial charge in [0.15, 0.2) is 35.8 Å². The number of hydrogen-bond donors (Lipinski definition) is 0. The fourth-order valence-electron chi connectivity index (χ4n) is 10.8. The Morgan fingerprint density at radius 1 is 0.731 bits per heavy atom. The average molecular weight is 921 g/mol. The van der Waals surface area contributed by atoms with E-state index in [0.717, 1.165) is 26.8 Å². The SMILES string of the molecule is CC(=O)O[C@H]1C(=O)[C@]2(C)[C@@H](OC(=O)/C=C/c3ccc(C(=O)Oc4ccccc4)cc3)C[C@H]3OC[C@@]3(OC(C)=O)[C@H]2[C@H](OC(=O)c2ccccc2)[C@]23OC(=O)O[C@H]2[C@H](OC(C)=O)C(C)=C1C3(C)C. The normalized spacial score (nSPS) is 31.1. The molecule has 5 aliphatic rings. The van der Waals surface area contributed by atoms with Gasteiger partial charge < -0.3 is 42.6 Å². The molecule has 2 aliphatic heterocycles. The first-order chi connectivity index (χ1) is 31.7. The number of fused-ring (bicyclic) bond motifs is 4. The maximum absolute atomic E-state index is 16.1. The lowest BCUT2D eigenvalue weighted by molar-refractivity contribution is -0.346. The van der Waals surface area contributed by atoms with Gasteiger partial charge >= 0.3 is 42.0 Å². The van der Waals surface area contributed by atoms with Gasteiger partial charge in [-0.15, -0.1) is 0 Å². The number of benzene rings is 3. The Morgan fingerprint density at radius 3 is 1.96 bits per heavy atom. The van der Waals surface area contributed by atoms with Crippen molar-refractivity contribution in [2.24, 2.45) is 16.7 Å². The van der Waals surface area contributed by atoms with Gasteiger partial charge in [-0.3, -0.25) is 19.2 Å². The van der Waals surface area contributed by atoms with E-state index in [1.165, 1.54) is 44.2 Å². The van der Waals surface area contributed by atoms with E-state index >= 15 is 4.79 Å². The first-order valence-corrected chi connectivity index (χ1v) is 21.6. The van der Waals surface area contributed by atoms with Crippen molar-refractivity contribution in [2.45, 2.75) is 103 Å². The van der Waals surface area contributed by atoms with Crippen LogP contribution >= 0.6 is 0 Å². The smallest absolute Gasteiger partial charge is 0.458 e. The molecule has 0 radical (unpaired) electrons. The lowest BCUT2D eigenvalue weighted by atomic mass is 9.44. The number of carbonyl (C=O) groups is 8. The van der Waals surface area contributed by atoms with Crippen LogP contribution in [0.5, 0.6) is 5.75 Å². The molecule has 0 unspecified atom stereocenters. The van der Waals surface area contributed by atoms with Gasteiger partial charge in [0.2, 0.25) is 5.60 Å². The molecule has 3 aliphatic carbocycles. The Hall–Kier alpha value is -7.14. The quantitative estimate of drug-likeness (QED) is 0.0764. The molecule has 0 aromatic heterocycles. The molecule has 2 heterocycles. The molecular formula is C50H48O17. The van der Waals surface area contributed by atoms with Crippen molar-refractivity contribution >= 4 is 53.8 Å². The summed E-state index contributed by atoms with van der Waals surface area (Å²) in [7, 11) is 0. The highest BCUT2D eigenvalue weighted by atomic mass is 16.8. The monoisotopic (exact) mass is 920 g/mol. The van der Waals surface area contributed by atoms with Gasteiger partial charge in [-0.2, -0.15) is 0 Å². The van der Waals surface area contributed by atoms with Crippen LogP contribution in [0.15, 0.2) is 102 Å². The summed E-state index contributed by atoms with van der Waals surface area (Å²) in [5.74, 6) is -7.21. The van der Waals surface area contributed by atoms with Gasteiger partial charge in [-0.1, -0.05) is 62.4 Å². The van der Waals surface area contributed by atoms with E-state index in [1.54, 1.807) is 74.5 Å². The van der Waals surface area contributed by atoms with Crippen LogP contribution in [0.2, 0.25) is 0 Å². The van der Waals surface area contributed by atoms with Crippen LogP contribution in [0.3, 0.4) is 0 Å². The molecule has 2 bridgehead atoms. The molecule has 17 heteroatoms. The molecule has 8 rings (SSSR count). The minimum absolute atomic E-state index is 0.0310. The largest absolute Gasteiger partial charge is 0.509 e. The summed E-state index contributed by atoms with van der Waals surface area (Å²) in [5, 5.41) is 0. The summed E-state index contributed by atoms with van der Waals surface area (Å²) in [6.45, 7) is 9.08. The number of carbonyl (C=O) groups excluding carboxylic acids is 8. The van der Waals surface area contributed by atoms with Crippen LogP contribution in [-0.4, -0.2) is 102 Å². The van der Waals surface area contributed by atoms with E-state index < -0.39 is 112 Å². The van der Waals surface area contributed by atoms with Crippen LogP contribution in [0, 0.1) is 16.7 Å². The van der Waals surface area contributed by atoms with Crippen LogP contribution in [-0.2, 0) is 61.9 Å². The van der Waals surface area contributed by atoms with Crippen molar-refractivity contribution in [3.63, 3.8) is 0 Å². The number of esters is 6. The molecule has 2 saturated carbocycles. The molecule has 0 amide bonds. The number of ether oxygens (including phenoxy) is 9. The third-order valence-corrected chi connectivity index (χ3v) is 13.7. The fraction of sp³-hybridized carbons (Fsp3) is 0.400. The van der Waals surface area contributed by atoms with Crippen LogP contribution in [0.25, 0.3) is 6.08 Å². The predicted octanol–water partition coefficient (Wildman–Crippen LogP) is 5.86. The minimum Gasteiger partial charge on any atom is -0.458 e. The Morgan fingerprint density at radius 2 is 1.36 bits per heavy atom. The Balaban J connectivity index is 1.28. The topological polar surface area (TPSA) is 220 Å². The standard InChI is InChI=1S/C50H48O17/c1-26-37-39(61-28(3)52)41(55)48(7)34(63-36(54)23-20-30-18-21-32(22-19-30)44(56)62-33-16-12-9-13-17-33)24-35-49(25-59-35,66-29(4)53)40(48)43(64-45(57)31-14-10-8-11-15-31)50(47(37,5)6)42(65-46(58)67-50)38(26)60-27(2)51/h8-23,34-35,38-40,42-43H,24-25H2,1-7H3/b23-20+/t34-,35+,38+,39+,40-,42-,43-,48+,49-,50+/m0/s1. The first kappa shape index (κ1) is 46.4. The maximum Gasteiger partial charge on any atom is 0.509 e. The second kappa shape index (κ2) is 17.3. The number of para-hydroxylation sites is 1. The van der Waals surface area contributed by atoms with E-state index in [2.05, 4.69) is 0 Å². The Labute approximate surface area is 384 Å². The van der Waals surface area contributed by atoms with Crippen molar-refractivity contribution in [3.05, 3.63) is 119 Å². The van der Waals surface area contributed by atoms with Crippen molar-refractivity contribution in [3.8, 4) is 5.75 Å². The summed E-state index contributed by atoms with van der Waals surface area (Å²) in [6, 6.07) is 22.5. The molecule has 4 fully saturated rings. The number of rotatable bonds is 10. The third kappa shape index (κ3) is 7.73. The van der Waals surface area contributed by atoms with Gasteiger partial charge in [-0.25, -0.2) is 19.2 Å². The van der Waals surface area contributed by atoms with E-state index in [4.69, 9.17) is 42.6 Å². The molecular weight excluding hydrogens is 873 g/mol. The fourth-order valence-corrected chi connectivity index (χ4v) is 10.8. The molecule has 0 N–H and O–H groups in total. The van der Waals surface area contributed by atoms with E-state index in [0.29, 0.717) is 11.3 Å². The predicted molar refractivity (Wildman–Crippen MR) is 230 cm³/mol. The summed E-state index contributed by atoms with van der Waals surface area (Å²) in [6.07, 6.45) is -8.45. The molecule has 1 spiro atoms. The summed E-state index contributed by atoms with van der Waals surface area (Å²) in [4.78, 5) is 111. The van der Waals surface area contributed by atoms with Gasteiger partial charge in [0, 0.05) is 38.7 Å². The van der Waals surface area contributed by atoms with Gasteiger partial charge in [0.05, 0.1) is 29.1 Å². The number of Topliss-reactive ketones (excluding diaryl/α,β-unsaturated/α-hetero) is 1. The zero-order valence-corrected chi connectivity index (χ0v) is 37.6. The van der Waals surface area contributed by atoms with Crippen LogP contribution in [0.4, 0.5) is 4.79 Å². The van der Waals surface area contributed by atoms with E-state index in [9.17, 15) is 33.6 Å². The second-order valence-corrected chi connectivity index (χ2v) is 17.9. The second-order valence-electron chi connectivity index (χ2n) is 17.9. The summed E-state index contributed by atoms with van der Waals surface area (Å²) < 4.78 is 54.6. The van der Waals surface area contributed by atoms with Crippen molar-refractivity contribution < 1.29 is 81.0 Å². The van der Waals surface area contributed by atoms with Gasteiger partial charge in [0.1, 0.15) is 18.0 Å². The maximum atomic E-state index is 16.1. The third-order valence-electron chi connectivity index (χ3n) is 13.7. The van der Waals surface area contributed by atoms with Crippen molar-refractivity contribution in [1.82, 2.24) is 0 Å². The Kier molecular flexibility index (Phi) is 11.9. The molecule has 3 aromatic carbocycles. The lowest BCUT2D eigenvalue weighted by Crippen LogP contribution is -2.83. The number of ketones is 1. The van der Waals surface area contributed by atoms with E-state index in [-0.39, 0.29) is 35.3 Å². The Bertz CT molecular complexity index is 2600. The lowest BCUT2D eigenvalue weighted by Gasteiger charge is -2.67. The van der Waals surface area contributed by atoms with Crippen LogP contribution in [0.1, 0.15) is 81.2 Å². The average Bonchev–Trinajstić information content (AvgIpc) is 3.64. The molecule has 10 atom stereocenters. The molecule has 17 nitrogen and oxygen atoms in total. The van der Waals surface area contributed by atoms with Crippen molar-refractivity contribution in [1.29, 1.82) is 0 Å². The highest BCUT2D eigenvalue weighted by Crippen LogP contribution is 2.67. The zero-order valence-electron chi connectivity index (χ0n) is 37.6. The van der Waals surface area contributed by atoms with E-state index in [1.807, 2.05) is 0 Å². The molecule has 350 valence electrons.